The van der Waals surface area contributed by atoms with Gasteiger partial charge in [-0.05, 0) is 25.1 Å². The third-order valence-corrected chi connectivity index (χ3v) is 2.55. The molecular formula is C13H13F3N4. The normalized spacial score (nSPS) is 11.4. The average Bonchev–Trinajstić information content (AvgIpc) is 2.38. The van der Waals surface area contributed by atoms with Gasteiger partial charge in [-0.25, -0.2) is 9.97 Å². The van der Waals surface area contributed by atoms with Gasteiger partial charge in [0.2, 0.25) is 0 Å². The molecule has 0 atom stereocenters. The highest BCUT2D eigenvalue weighted by atomic mass is 19.4. The number of halogens is 3. The first-order chi connectivity index (χ1) is 9.45. The first-order valence-electron chi connectivity index (χ1n) is 6.01. The number of aromatic nitrogens is 3. The average molecular weight is 282 g/mol. The number of pyridine rings is 1. The van der Waals surface area contributed by atoms with E-state index in [4.69, 9.17) is 0 Å². The molecule has 0 aromatic carbocycles. The van der Waals surface area contributed by atoms with E-state index < -0.39 is 11.9 Å². The number of anilines is 1. The zero-order chi connectivity index (χ0) is 14.6. The molecular weight excluding hydrogens is 269 g/mol. The summed E-state index contributed by atoms with van der Waals surface area (Å²) in [5.41, 5.74) is 0.263. The highest BCUT2D eigenvalue weighted by Crippen LogP contribution is 2.27. The van der Waals surface area contributed by atoms with Crippen molar-refractivity contribution in [1.29, 1.82) is 0 Å². The van der Waals surface area contributed by atoms with E-state index in [9.17, 15) is 13.2 Å². The Morgan fingerprint density at radius 1 is 1.15 bits per heavy atom. The van der Waals surface area contributed by atoms with Gasteiger partial charge in [0, 0.05) is 36.7 Å². The third kappa shape index (κ3) is 3.91. The second-order valence-corrected chi connectivity index (χ2v) is 4.22. The fourth-order valence-electron chi connectivity index (χ4n) is 1.68. The van der Waals surface area contributed by atoms with Crippen molar-refractivity contribution in [2.75, 3.05) is 11.9 Å². The van der Waals surface area contributed by atoms with Crippen LogP contribution in [0.25, 0.3) is 0 Å². The predicted molar refractivity (Wildman–Crippen MR) is 68.2 cm³/mol. The predicted octanol–water partition coefficient (Wildman–Crippen LogP) is 2.85. The Balaban J connectivity index is 2.01. The summed E-state index contributed by atoms with van der Waals surface area (Å²) >= 11 is 0. The lowest BCUT2D eigenvalue weighted by atomic mass is 10.3. The number of alkyl halides is 3. The van der Waals surface area contributed by atoms with Crippen molar-refractivity contribution in [1.82, 2.24) is 15.0 Å². The van der Waals surface area contributed by atoms with Crippen LogP contribution in [0.4, 0.5) is 18.9 Å². The topological polar surface area (TPSA) is 50.7 Å². The first kappa shape index (κ1) is 14.2. The maximum atomic E-state index is 12.6. The third-order valence-electron chi connectivity index (χ3n) is 2.55. The fraction of sp³-hybridized carbons (Fsp3) is 0.308. The van der Waals surface area contributed by atoms with Crippen LogP contribution in [-0.4, -0.2) is 21.5 Å². The number of rotatable bonds is 4. The summed E-state index contributed by atoms with van der Waals surface area (Å²) < 4.78 is 37.9. The van der Waals surface area contributed by atoms with Crippen molar-refractivity contribution in [3.63, 3.8) is 0 Å². The summed E-state index contributed by atoms with van der Waals surface area (Å²) in [6.07, 6.45) is -0.866. The Morgan fingerprint density at radius 3 is 2.50 bits per heavy atom. The van der Waals surface area contributed by atoms with Gasteiger partial charge >= 0.3 is 6.18 Å². The summed E-state index contributed by atoms with van der Waals surface area (Å²) in [5.74, 6) is 0.180. The summed E-state index contributed by atoms with van der Waals surface area (Å²) in [6, 6.07) is 4.50. The fourth-order valence-corrected chi connectivity index (χ4v) is 1.68. The number of nitrogens with zero attached hydrogens (tertiary/aromatic N) is 3. The lowest BCUT2D eigenvalue weighted by Crippen LogP contribution is -2.14. The Kier molecular flexibility index (Phi) is 4.16. The molecule has 2 heterocycles. The lowest BCUT2D eigenvalue weighted by Gasteiger charge is -2.09. The van der Waals surface area contributed by atoms with Crippen LogP contribution in [0.15, 0.2) is 30.6 Å². The van der Waals surface area contributed by atoms with Crippen LogP contribution in [0.3, 0.4) is 0 Å². The molecule has 2 rings (SSSR count). The summed E-state index contributed by atoms with van der Waals surface area (Å²) in [6.45, 7) is 1.97. The van der Waals surface area contributed by atoms with Crippen molar-refractivity contribution < 1.29 is 13.2 Å². The molecule has 0 spiro atoms. The number of hydrogen-bond donors (Lipinski definition) is 1. The molecule has 0 radical (unpaired) electrons. The minimum absolute atomic E-state index is 0.180. The molecule has 4 nitrogen and oxygen atoms in total. The molecule has 0 amide bonds. The molecule has 0 aliphatic heterocycles. The van der Waals surface area contributed by atoms with Gasteiger partial charge in [0.25, 0.3) is 0 Å². The van der Waals surface area contributed by atoms with Gasteiger partial charge < -0.3 is 5.32 Å². The summed E-state index contributed by atoms with van der Waals surface area (Å²) in [5, 5.41) is 3.07. The van der Waals surface area contributed by atoms with Crippen LogP contribution >= 0.6 is 0 Å². The van der Waals surface area contributed by atoms with Crippen LogP contribution in [0.2, 0.25) is 0 Å². The second kappa shape index (κ2) is 5.85. The van der Waals surface area contributed by atoms with Gasteiger partial charge in [0.15, 0.2) is 0 Å². The number of nitrogens with one attached hydrogen (secondary N) is 1. The van der Waals surface area contributed by atoms with Crippen molar-refractivity contribution in [2.45, 2.75) is 19.5 Å². The van der Waals surface area contributed by atoms with Crippen LogP contribution in [0.5, 0.6) is 0 Å². The molecule has 20 heavy (non-hydrogen) atoms. The van der Waals surface area contributed by atoms with Crippen molar-refractivity contribution >= 4 is 5.69 Å². The van der Waals surface area contributed by atoms with Gasteiger partial charge in [-0.1, -0.05) is 0 Å². The highest BCUT2D eigenvalue weighted by molar-refractivity contribution is 5.40. The van der Waals surface area contributed by atoms with E-state index in [0.29, 0.717) is 18.7 Å². The Labute approximate surface area is 114 Å². The van der Waals surface area contributed by atoms with E-state index in [1.807, 2.05) is 0 Å². The Bertz CT molecular complexity index is 570. The van der Waals surface area contributed by atoms with Gasteiger partial charge in [-0.2, -0.15) is 13.2 Å². The molecule has 2 aromatic heterocycles. The van der Waals surface area contributed by atoms with Crippen molar-refractivity contribution in [3.05, 3.63) is 47.8 Å². The van der Waals surface area contributed by atoms with Crippen LogP contribution < -0.4 is 5.32 Å². The quantitative estimate of drug-likeness (QED) is 0.936. The smallest absolute Gasteiger partial charge is 0.385 e. The SMILES string of the molecule is Cc1cc(C(F)(F)F)nc(CCNc2ccncc2)n1. The Hall–Kier alpha value is -2.18. The minimum Gasteiger partial charge on any atom is -0.385 e. The summed E-state index contributed by atoms with van der Waals surface area (Å²) in [7, 11) is 0. The lowest BCUT2D eigenvalue weighted by molar-refractivity contribution is -0.141. The van der Waals surface area contributed by atoms with Crippen LogP contribution in [-0.2, 0) is 12.6 Å². The number of aryl methyl sites for hydroxylation is 1. The van der Waals surface area contributed by atoms with E-state index in [2.05, 4.69) is 20.3 Å². The molecule has 7 heteroatoms. The molecule has 0 unspecified atom stereocenters. The highest BCUT2D eigenvalue weighted by Gasteiger charge is 2.33. The zero-order valence-electron chi connectivity index (χ0n) is 10.8. The van der Waals surface area contributed by atoms with E-state index in [-0.39, 0.29) is 5.82 Å². The van der Waals surface area contributed by atoms with Gasteiger partial charge in [-0.15, -0.1) is 0 Å². The summed E-state index contributed by atoms with van der Waals surface area (Å²) in [4.78, 5) is 11.4. The van der Waals surface area contributed by atoms with Crippen LogP contribution in [0, 0.1) is 6.92 Å². The largest absolute Gasteiger partial charge is 0.433 e. The molecule has 106 valence electrons. The Morgan fingerprint density at radius 2 is 1.85 bits per heavy atom. The molecule has 2 aromatic rings. The molecule has 0 saturated carbocycles. The van der Waals surface area contributed by atoms with Gasteiger partial charge in [0.05, 0.1) is 0 Å². The maximum Gasteiger partial charge on any atom is 0.433 e. The molecule has 1 N–H and O–H groups in total. The van der Waals surface area contributed by atoms with Crippen molar-refractivity contribution in [3.8, 4) is 0 Å². The van der Waals surface area contributed by atoms with E-state index in [1.54, 1.807) is 24.5 Å². The molecule has 0 bridgehead atoms. The second-order valence-electron chi connectivity index (χ2n) is 4.22. The molecule has 0 aliphatic carbocycles. The van der Waals surface area contributed by atoms with E-state index in [0.717, 1.165) is 11.8 Å². The van der Waals surface area contributed by atoms with Gasteiger partial charge in [0.1, 0.15) is 11.5 Å². The minimum atomic E-state index is -4.44. The van der Waals surface area contributed by atoms with E-state index in [1.165, 1.54) is 6.92 Å². The zero-order valence-corrected chi connectivity index (χ0v) is 10.8. The first-order valence-corrected chi connectivity index (χ1v) is 6.01. The molecule has 0 saturated heterocycles. The standard InChI is InChI=1S/C13H13F3N4/c1-9-8-11(13(14,15)16)20-12(19-9)4-7-18-10-2-5-17-6-3-10/h2-3,5-6,8H,4,7H2,1H3,(H,17,18). The van der Waals surface area contributed by atoms with E-state index >= 15 is 0 Å². The van der Waals surface area contributed by atoms with Crippen molar-refractivity contribution in [2.24, 2.45) is 0 Å². The molecule has 0 fully saturated rings. The van der Waals surface area contributed by atoms with Crippen LogP contribution in [0.1, 0.15) is 17.2 Å². The molecule has 0 aliphatic rings. The maximum absolute atomic E-state index is 12.6. The monoisotopic (exact) mass is 282 g/mol. The van der Waals surface area contributed by atoms with Gasteiger partial charge in [-0.3, -0.25) is 4.98 Å². The number of hydrogen-bond acceptors (Lipinski definition) is 4.